The van der Waals surface area contributed by atoms with Crippen LogP contribution in [0.25, 0.3) is 11.0 Å². The third kappa shape index (κ3) is 3.71. The molecule has 0 aliphatic heterocycles. The molecule has 4 rings (SSSR count). The number of para-hydroxylation sites is 2. The molecule has 1 N–H and O–H groups in total. The van der Waals surface area contributed by atoms with Crippen molar-refractivity contribution >= 4 is 22.9 Å². The van der Waals surface area contributed by atoms with E-state index in [0.717, 1.165) is 23.2 Å². The predicted molar refractivity (Wildman–Crippen MR) is 110 cm³/mol. The van der Waals surface area contributed by atoms with Crippen molar-refractivity contribution in [1.82, 2.24) is 14.7 Å². The molecular weight excluding hydrogens is 368 g/mol. The average Bonchev–Trinajstić information content (AvgIpc) is 3.27. The zero-order chi connectivity index (χ0) is 20.4. The molecule has 7 heteroatoms. The van der Waals surface area contributed by atoms with Crippen molar-refractivity contribution in [3.8, 4) is 5.75 Å². The summed E-state index contributed by atoms with van der Waals surface area (Å²) in [6.45, 7) is 4.05. The molecule has 4 aromatic rings. The Kier molecular flexibility index (Phi) is 5.03. The standard InChI is InChI=1S/C22H22N4O3/c1-4-15-9-11-16(12-10-15)28-13-17-14(2)29-25-20(17)21(27)24-22-23-18-7-5-6-8-19(18)26(22)3/h5-12H,4,13H2,1-3H3,(H,23,24,27). The minimum Gasteiger partial charge on any atom is -0.489 e. The van der Waals surface area contributed by atoms with Crippen molar-refractivity contribution in [3.05, 3.63) is 71.1 Å². The molecule has 0 aliphatic carbocycles. The molecular formula is C22H22N4O3. The molecule has 2 aromatic carbocycles. The molecule has 2 aromatic heterocycles. The Morgan fingerprint density at radius 3 is 2.66 bits per heavy atom. The van der Waals surface area contributed by atoms with Gasteiger partial charge >= 0.3 is 0 Å². The number of hydrogen-bond donors (Lipinski definition) is 1. The number of hydrogen-bond acceptors (Lipinski definition) is 5. The summed E-state index contributed by atoms with van der Waals surface area (Å²) in [5.74, 6) is 1.33. The van der Waals surface area contributed by atoms with Gasteiger partial charge in [0.25, 0.3) is 5.91 Å². The molecule has 2 heterocycles. The van der Waals surface area contributed by atoms with E-state index in [2.05, 4.69) is 22.4 Å². The zero-order valence-electron chi connectivity index (χ0n) is 16.6. The molecule has 0 spiro atoms. The molecule has 0 atom stereocenters. The third-order valence-corrected chi connectivity index (χ3v) is 4.93. The normalized spacial score (nSPS) is 11.0. The van der Waals surface area contributed by atoms with Gasteiger partial charge in [0.1, 0.15) is 18.1 Å². The van der Waals surface area contributed by atoms with Crippen molar-refractivity contribution in [2.75, 3.05) is 5.32 Å². The van der Waals surface area contributed by atoms with Crippen molar-refractivity contribution in [3.63, 3.8) is 0 Å². The molecule has 0 saturated heterocycles. The Hall–Kier alpha value is -3.61. The number of fused-ring (bicyclic) bond motifs is 1. The van der Waals surface area contributed by atoms with Crippen LogP contribution in [0.15, 0.2) is 53.1 Å². The summed E-state index contributed by atoms with van der Waals surface area (Å²) in [5, 5.41) is 6.75. The van der Waals surface area contributed by atoms with Gasteiger partial charge in [-0.25, -0.2) is 4.98 Å². The van der Waals surface area contributed by atoms with Crippen LogP contribution in [-0.2, 0) is 20.1 Å². The molecule has 148 valence electrons. The van der Waals surface area contributed by atoms with Crippen LogP contribution in [0.1, 0.15) is 34.3 Å². The SMILES string of the molecule is CCc1ccc(OCc2c(C(=O)Nc3nc4ccccc4n3C)noc2C)cc1. The van der Waals surface area contributed by atoms with E-state index in [9.17, 15) is 4.79 Å². The lowest BCUT2D eigenvalue weighted by molar-refractivity contribution is 0.101. The first kappa shape index (κ1) is 18.7. The lowest BCUT2D eigenvalue weighted by Gasteiger charge is -2.08. The van der Waals surface area contributed by atoms with E-state index in [0.29, 0.717) is 17.3 Å². The number of carbonyl (C=O) groups excluding carboxylic acids is 1. The number of amides is 1. The number of aryl methyl sites for hydroxylation is 3. The number of anilines is 1. The highest BCUT2D eigenvalue weighted by atomic mass is 16.5. The molecule has 0 unspecified atom stereocenters. The summed E-state index contributed by atoms with van der Waals surface area (Å²) in [7, 11) is 1.85. The largest absolute Gasteiger partial charge is 0.489 e. The first-order chi connectivity index (χ1) is 14.1. The average molecular weight is 390 g/mol. The lowest BCUT2D eigenvalue weighted by atomic mass is 10.1. The van der Waals surface area contributed by atoms with E-state index >= 15 is 0 Å². The van der Waals surface area contributed by atoms with Crippen molar-refractivity contribution in [2.45, 2.75) is 26.9 Å². The van der Waals surface area contributed by atoms with Gasteiger partial charge in [-0.1, -0.05) is 36.3 Å². The smallest absolute Gasteiger partial charge is 0.280 e. The van der Waals surface area contributed by atoms with Crippen LogP contribution in [0.3, 0.4) is 0 Å². The van der Waals surface area contributed by atoms with E-state index in [-0.39, 0.29) is 18.2 Å². The fourth-order valence-electron chi connectivity index (χ4n) is 3.13. The maximum absolute atomic E-state index is 12.8. The molecule has 0 saturated carbocycles. The second-order valence-electron chi connectivity index (χ2n) is 6.79. The van der Waals surface area contributed by atoms with Gasteiger partial charge in [0.15, 0.2) is 5.69 Å². The quantitative estimate of drug-likeness (QED) is 0.532. The number of nitrogens with one attached hydrogen (secondary N) is 1. The summed E-state index contributed by atoms with van der Waals surface area (Å²) >= 11 is 0. The van der Waals surface area contributed by atoms with Crippen LogP contribution in [0.5, 0.6) is 5.75 Å². The number of imidazole rings is 1. The number of rotatable bonds is 6. The summed E-state index contributed by atoms with van der Waals surface area (Å²) in [4.78, 5) is 17.3. The Balaban J connectivity index is 1.52. The molecule has 0 radical (unpaired) electrons. The summed E-state index contributed by atoms with van der Waals surface area (Å²) in [6, 6.07) is 15.6. The Morgan fingerprint density at radius 2 is 1.93 bits per heavy atom. The van der Waals surface area contributed by atoms with E-state index in [1.54, 1.807) is 6.92 Å². The molecule has 0 bridgehead atoms. The van der Waals surface area contributed by atoms with Crippen LogP contribution in [0.2, 0.25) is 0 Å². The predicted octanol–water partition coefficient (Wildman–Crippen LogP) is 4.26. The van der Waals surface area contributed by atoms with Gasteiger partial charge in [0.2, 0.25) is 5.95 Å². The van der Waals surface area contributed by atoms with Crippen molar-refractivity contribution < 1.29 is 14.1 Å². The highest BCUT2D eigenvalue weighted by Gasteiger charge is 2.22. The maximum atomic E-state index is 12.8. The Labute approximate surface area is 168 Å². The van der Waals surface area contributed by atoms with E-state index < -0.39 is 0 Å². The van der Waals surface area contributed by atoms with Crippen LogP contribution >= 0.6 is 0 Å². The monoisotopic (exact) mass is 390 g/mol. The fourth-order valence-corrected chi connectivity index (χ4v) is 3.13. The second-order valence-corrected chi connectivity index (χ2v) is 6.79. The zero-order valence-corrected chi connectivity index (χ0v) is 16.6. The van der Waals surface area contributed by atoms with Gasteiger partial charge in [-0.2, -0.15) is 0 Å². The molecule has 29 heavy (non-hydrogen) atoms. The molecule has 0 aliphatic rings. The van der Waals surface area contributed by atoms with E-state index in [1.165, 1.54) is 5.56 Å². The van der Waals surface area contributed by atoms with E-state index in [1.807, 2.05) is 60.1 Å². The Morgan fingerprint density at radius 1 is 1.17 bits per heavy atom. The summed E-state index contributed by atoms with van der Waals surface area (Å²) in [5.41, 5.74) is 3.78. The molecule has 0 fully saturated rings. The maximum Gasteiger partial charge on any atom is 0.280 e. The van der Waals surface area contributed by atoms with Crippen molar-refractivity contribution in [1.29, 1.82) is 0 Å². The lowest BCUT2D eigenvalue weighted by Crippen LogP contribution is -2.17. The third-order valence-electron chi connectivity index (χ3n) is 4.93. The molecule has 1 amide bonds. The van der Waals surface area contributed by atoms with Crippen LogP contribution in [0.4, 0.5) is 5.95 Å². The number of benzene rings is 2. The van der Waals surface area contributed by atoms with Gasteiger partial charge in [-0.05, 0) is 43.2 Å². The van der Waals surface area contributed by atoms with Gasteiger partial charge in [-0.15, -0.1) is 0 Å². The molecule has 7 nitrogen and oxygen atoms in total. The Bertz CT molecular complexity index is 1160. The van der Waals surface area contributed by atoms with Gasteiger partial charge in [0, 0.05) is 7.05 Å². The number of ether oxygens (including phenoxy) is 1. The first-order valence-corrected chi connectivity index (χ1v) is 9.46. The second kappa shape index (κ2) is 7.79. The minimum atomic E-state index is -0.389. The minimum absolute atomic E-state index is 0.187. The highest BCUT2D eigenvalue weighted by Crippen LogP contribution is 2.21. The van der Waals surface area contributed by atoms with Gasteiger partial charge in [0.05, 0.1) is 16.6 Å². The van der Waals surface area contributed by atoms with E-state index in [4.69, 9.17) is 9.26 Å². The highest BCUT2D eigenvalue weighted by molar-refractivity contribution is 6.03. The van der Waals surface area contributed by atoms with Crippen LogP contribution < -0.4 is 10.1 Å². The van der Waals surface area contributed by atoms with Gasteiger partial charge in [-0.3, -0.25) is 10.1 Å². The van der Waals surface area contributed by atoms with Crippen LogP contribution in [-0.4, -0.2) is 20.6 Å². The number of nitrogens with zero attached hydrogens (tertiary/aromatic N) is 3. The first-order valence-electron chi connectivity index (χ1n) is 9.46. The number of aromatic nitrogens is 3. The number of carbonyl (C=O) groups is 1. The fraction of sp³-hybridized carbons (Fsp3) is 0.227. The van der Waals surface area contributed by atoms with Gasteiger partial charge < -0.3 is 13.8 Å². The van der Waals surface area contributed by atoms with Crippen molar-refractivity contribution in [2.24, 2.45) is 7.05 Å². The summed E-state index contributed by atoms with van der Waals surface area (Å²) in [6.07, 6.45) is 0.970. The van der Waals surface area contributed by atoms with Crippen LogP contribution in [0, 0.1) is 6.92 Å². The summed E-state index contributed by atoms with van der Waals surface area (Å²) < 4.78 is 12.9. The topological polar surface area (TPSA) is 82.2 Å².